The zero-order valence-electron chi connectivity index (χ0n) is 15.2. The number of benzene rings is 2. The van der Waals surface area contributed by atoms with Gasteiger partial charge >= 0.3 is 0 Å². The molecule has 0 spiro atoms. The lowest BCUT2D eigenvalue weighted by atomic mass is 10.2. The number of hydrazone groups is 1. The highest BCUT2D eigenvalue weighted by atomic mass is 32.1. The number of fused-ring (bicyclic) bond motifs is 4. The molecule has 0 aliphatic rings. The molecule has 3 aromatic heterocycles. The van der Waals surface area contributed by atoms with Crippen molar-refractivity contribution in [3.8, 4) is 0 Å². The van der Waals surface area contributed by atoms with E-state index < -0.39 is 5.91 Å². The number of thiazole rings is 1. The van der Waals surface area contributed by atoms with Crippen LogP contribution in [0.1, 0.15) is 21.7 Å². The first-order valence-corrected chi connectivity index (χ1v) is 9.65. The molecule has 0 aliphatic heterocycles. The van der Waals surface area contributed by atoms with Crippen LogP contribution in [-0.4, -0.2) is 21.5 Å². The predicted octanol–water partition coefficient (Wildman–Crippen LogP) is 3.73. The van der Waals surface area contributed by atoms with Crippen molar-refractivity contribution in [2.75, 3.05) is 0 Å². The minimum atomic E-state index is -0.403. The summed E-state index contributed by atoms with van der Waals surface area (Å²) < 4.78 is 8.32. The van der Waals surface area contributed by atoms with Gasteiger partial charge in [0.05, 0.1) is 33.1 Å². The fourth-order valence-electron chi connectivity index (χ4n) is 3.28. The Morgan fingerprint density at radius 3 is 2.90 bits per heavy atom. The summed E-state index contributed by atoms with van der Waals surface area (Å²) in [5.41, 5.74) is 4.97. The van der Waals surface area contributed by atoms with Gasteiger partial charge in [0, 0.05) is 0 Å². The number of amides is 1. The third-order valence-electron chi connectivity index (χ3n) is 4.62. The van der Waals surface area contributed by atoms with Gasteiger partial charge in [-0.2, -0.15) is 5.10 Å². The zero-order valence-corrected chi connectivity index (χ0v) is 16.1. The maximum absolute atomic E-state index is 12.8. The summed E-state index contributed by atoms with van der Waals surface area (Å²) >= 11 is 1.52. The number of carbonyl (C=O) groups excluding carboxylic acids is 1. The van der Waals surface area contributed by atoms with Crippen molar-refractivity contribution in [3.63, 3.8) is 0 Å². The van der Waals surface area contributed by atoms with E-state index in [1.165, 1.54) is 23.8 Å². The van der Waals surface area contributed by atoms with Gasteiger partial charge in [0.25, 0.3) is 5.91 Å². The minimum absolute atomic E-state index is 0.211. The zero-order chi connectivity index (χ0) is 20.0. The molecule has 142 valence electrons. The van der Waals surface area contributed by atoms with E-state index >= 15 is 0 Å². The molecule has 7 nitrogen and oxygen atoms in total. The highest BCUT2D eigenvalue weighted by Gasteiger charge is 2.19. The molecule has 29 heavy (non-hydrogen) atoms. The van der Waals surface area contributed by atoms with E-state index in [4.69, 9.17) is 4.42 Å². The molecule has 2 aromatic carbocycles. The lowest BCUT2D eigenvalue weighted by Gasteiger charge is -2.01. The molecule has 5 aromatic rings. The van der Waals surface area contributed by atoms with Crippen LogP contribution in [0.25, 0.3) is 26.1 Å². The van der Waals surface area contributed by atoms with Crippen LogP contribution in [0, 0.1) is 6.92 Å². The smallest absolute Gasteiger partial charge is 0.290 e. The van der Waals surface area contributed by atoms with Crippen molar-refractivity contribution >= 4 is 49.6 Å². The number of nitrogens with one attached hydrogen (secondary N) is 1. The Morgan fingerprint density at radius 1 is 1.21 bits per heavy atom. The summed E-state index contributed by atoms with van der Waals surface area (Å²) in [5.74, 6) is -0.403. The first-order chi connectivity index (χ1) is 14.1. The number of aryl methyl sites for hydroxylation is 1. The number of hydrogen-bond acceptors (Lipinski definition) is 6. The third kappa shape index (κ3) is 2.81. The molecule has 1 N–H and O–H groups in total. The van der Waals surface area contributed by atoms with Gasteiger partial charge < -0.3 is 4.42 Å². The monoisotopic (exact) mass is 402 g/mol. The molecule has 1 amide bonds. The number of imidazole rings is 1. The van der Waals surface area contributed by atoms with E-state index in [0.717, 1.165) is 15.2 Å². The molecule has 0 aliphatic carbocycles. The maximum atomic E-state index is 12.8. The van der Waals surface area contributed by atoms with E-state index in [1.807, 2.05) is 28.7 Å². The highest BCUT2D eigenvalue weighted by Crippen LogP contribution is 2.28. The minimum Gasteiger partial charge on any atom is -0.463 e. The molecule has 3 heterocycles. The van der Waals surface area contributed by atoms with Gasteiger partial charge in [-0.05, 0) is 31.2 Å². The van der Waals surface area contributed by atoms with Gasteiger partial charge in [0.15, 0.2) is 4.96 Å². The Hall–Kier alpha value is -3.78. The molecule has 0 radical (unpaired) electrons. The molecular formula is C21H14N4O3S. The van der Waals surface area contributed by atoms with Crippen LogP contribution < -0.4 is 10.9 Å². The lowest BCUT2D eigenvalue weighted by Crippen LogP contribution is -2.21. The molecule has 0 bridgehead atoms. The third-order valence-corrected chi connectivity index (χ3v) is 5.64. The van der Waals surface area contributed by atoms with E-state index in [1.54, 1.807) is 31.2 Å². The van der Waals surface area contributed by atoms with Crippen molar-refractivity contribution in [1.82, 2.24) is 14.8 Å². The molecular weight excluding hydrogens is 388 g/mol. The quantitative estimate of drug-likeness (QED) is 0.368. The number of nitrogens with zero attached hydrogens (tertiary/aromatic N) is 3. The summed E-state index contributed by atoms with van der Waals surface area (Å²) in [5, 5.41) is 4.41. The van der Waals surface area contributed by atoms with Crippen molar-refractivity contribution in [2.24, 2.45) is 5.10 Å². The predicted molar refractivity (Wildman–Crippen MR) is 113 cm³/mol. The molecule has 0 saturated carbocycles. The Bertz CT molecular complexity index is 1490. The van der Waals surface area contributed by atoms with E-state index in [9.17, 15) is 9.59 Å². The average Bonchev–Trinajstić information content (AvgIpc) is 3.24. The van der Waals surface area contributed by atoms with E-state index in [2.05, 4.69) is 15.5 Å². The first-order valence-electron chi connectivity index (χ1n) is 8.84. The van der Waals surface area contributed by atoms with Gasteiger partial charge in [-0.3, -0.25) is 14.0 Å². The van der Waals surface area contributed by atoms with Gasteiger partial charge in [-0.15, -0.1) is 0 Å². The first kappa shape index (κ1) is 17.3. The summed E-state index contributed by atoms with van der Waals surface area (Å²) in [6.45, 7) is 1.78. The van der Waals surface area contributed by atoms with Gasteiger partial charge in [0.2, 0.25) is 5.43 Å². The average molecular weight is 402 g/mol. The standard InChI is InChI=1S/C21H14N4O3S/c1-12-18(25-15-7-3-5-9-17(15)29-21(25)23-12)20(27)24-22-10-13-11-28-16-8-4-2-6-14(16)19(13)26/h2-11H,1H3,(H,24,27)/b22-10+. The topological polar surface area (TPSA) is 89.0 Å². The number of hydrogen-bond donors (Lipinski definition) is 1. The van der Waals surface area contributed by atoms with E-state index in [0.29, 0.717) is 22.4 Å². The molecule has 8 heteroatoms. The van der Waals surface area contributed by atoms with Crippen molar-refractivity contribution < 1.29 is 9.21 Å². The van der Waals surface area contributed by atoms with Gasteiger partial charge in [-0.25, -0.2) is 10.4 Å². The molecule has 0 unspecified atom stereocenters. The van der Waals surface area contributed by atoms with Gasteiger partial charge in [-0.1, -0.05) is 35.6 Å². The van der Waals surface area contributed by atoms with Crippen molar-refractivity contribution in [3.05, 3.63) is 82.0 Å². The SMILES string of the molecule is Cc1nc2sc3ccccc3n2c1C(=O)N/N=C/c1coc2ccccc2c1=O. The maximum Gasteiger partial charge on any atom is 0.290 e. The summed E-state index contributed by atoms with van der Waals surface area (Å²) in [7, 11) is 0. The van der Waals surface area contributed by atoms with Crippen molar-refractivity contribution in [1.29, 1.82) is 0 Å². The Labute approximate surface area is 167 Å². The fraction of sp³-hybridized carbons (Fsp3) is 0.0476. The van der Waals surface area contributed by atoms with Gasteiger partial charge in [0.1, 0.15) is 17.5 Å². The number of para-hydroxylation sites is 2. The summed E-state index contributed by atoms with van der Waals surface area (Å²) in [6.07, 6.45) is 2.62. The summed E-state index contributed by atoms with van der Waals surface area (Å²) in [4.78, 5) is 30.5. The van der Waals surface area contributed by atoms with Crippen LogP contribution >= 0.6 is 11.3 Å². The summed E-state index contributed by atoms with van der Waals surface area (Å²) in [6, 6.07) is 14.8. The van der Waals surface area contributed by atoms with E-state index in [-0.39, 0.29) is 11.0 Å². The Balaban J connectivity index is 1.48. The van der Waals surface area contributed by atoms with Crippen molar-refractivity contribution in [2.45, 2.75) is 6.92 Å². The number of carbonyl (C=O) groups is 1. The van der Waals surface area contributed by atoms with Crippen LogP contribution in [0.3, 0.4) is 0 Å². The van der Waals surface area contributed by atoms with Crippen LogP contribution in [0.5, 0.6) is 0 Å². The second-order valence-corrected chi connectivity index (χ2v) is 7.46. The Kier molecular flexibility index (Phi) is 3.99. The van der Waals surface area contributed by atoms with Crippen LogP contribution in [0.15, 0.2) is 69.1 Å². The lowest BCUT2D eigenvalue weighted by molar-refractivity contribution is 0.0949. The molecule has 5 rings (SSSR count). The molecule has 0 saturated heterocycles. The largest absolute Gasteiger partial charge is 0.463 e. The van der Waals surface area contributed by atoms with Crippen LogP contribution in [0.4, 0.5) is 0 Å². The second-order valence-electron chi connectivity index (χ2n) is 6.45. The molecule has 0 fully saturated rings. The van der Waals surface area contributed by atoms with Crippen LogP contribution in [0.2, 0.25) is 0 Å². The second kappa shape index (κ2) is 6.68. The number of aromatic nitrogens is 2. The Morgan fingerprint density at radius 2 is 2.00 bits per heavy atom. The fourth-order valence-corrected chi connectivity index (χ4v) is 4.35. The molecule has 0 atom stereocenters. The normalized spacial score (nSPS) is 11.8. The number of rotatable bonds is 3. The van der Waals surface area contributed by atoms with Crippen LogP contribution in [-0.2, 0) is 0 Å². The highest BCUT2D eigenvalue weighted by molar-refractivity contribution is 7.23.